The van der Waals surface area contributed by atoms with Crippen molar-refractivity contribution in [3.05, 3.63) is 0 Å². The van der Waals surface area contributed by atoms with E-state index in [1.165, 1.54) is 19.3 Å². The van der Waals surface area contributed by atoms with Crippen molar-refractivity contribution in [3.8, 4) is 0 Å². The number of aliphatic imine (C=N–C) groups is 1. The van der Waals surface area contributed by atoms with Gasteiger partial charge in [0.25, 0.3) is 0 Å². The molecule has 1 saturated carbocycles. The van der Waals surface area contributed by atoms with Gasteiger partial charge in [-0.2, -0.15) is 0 Å². The van der Waals surface area contributed by atoms with Crippen LogP contribution in [-0.4, -0.2) is 35.6 Å². The highest BCUT2D eigenvalue weighted by molar-refractivity contribution is 8.13. The molecule has 0 amide bonds. The molecular weight excluding hydrogens is 236 g/mol. The van der Waals surface area contributed by atoms with Crippen molar-refractivity contribution in [3.63, 3.8) is 0 Å². The molecule has 3 atom stereocenters. The number of thioether (sulfide) groups is 1. The average molecular weight is 256 g/mol. The predicted octanol–water partition coefficient (Wildman–Crippen LogP) is 1.80. The van der Waals surface area contributed by atoms with Gasteiger partial charge in [0.05, 0.1) is 12.6 Å². The second kappa shape index (κ2) is 5.76. The molecule has 0 radical (unpaired) electrons. The van der Waals surface area contributed by atoms with Crippen LogP contribution >= 0.6 is 11.8 Å². The molecule has 1 aliphatic carbocycles. The van der Waals surface area contributed by atoms with E-state index in [1.54, 1.807) is 11.8 Å². The van der Waals surface area contributed by atoms with Crippen LogP contribution in [-0.2, 0) is 9.53 Å². The third kappa shape index (κ3) is 3.15. The molecule has 0 bridgehead atoms. The van der Waals surface area contributed by atoms with E-state index in [0.717, 1.165) is 16.8 Å². The summed E-state index contributed by atoms with van der Waals surface area (Å²) in [6.07, 6.45) is 3.80. The quantitative estimate of drug-likeness (QED) is 0.782. The van der Waals surface area contributed by atoms with E-state index in [9.17, 15) is 4.79 Å². The second-order valence-electron chi connectivity index (χ2n) is 4.62. The number of fused-ring (bicyclic) bond motifs is 1. The number of hydrogen-bond acceptors (Lipinski definition) is 5. The highest BCUT2D eigenvalue weighted by Crippen LogP contribution is 2.34. The molecule has 0 aromatic carbocycles. The van der Waals surface area contributed by atoms with Crippen molar-refractivity contribution in [1.82, 2.24) is 5.32 Å². The highest BCUT2D eigenvalue weighted by Gasteiger charge is 2.31. The standard InChI is InChI=1S/C12H20N2O2S/c1-3-16-11(15)8(2)13-12-14-10-6-4-5-9(10)7-17-12/h8-10H,3-7H2,1-2H3,(H,13,14). The predicted molar refractivity (Wildman–Crippen MR) is 70.3 cm³/mol. The van der Waals surface area contributed by atoms with E-state index in [2.05, 4.69) is 10.3 Å². The third-order valence-electron chi connectivity index (χ3n) is 3.32. The zero-order valence-electron chi connectivity index (χ0n) is 10.4. The number of ether oxygens (including phenoxy) is 1. The van der Waals surface area contributed by atoms with Gasteiger partial charge in [0.15, 0.2) is 5.17 Å². The number of hydrogen-bond donors (Lipinski definition) is 1. The van der Waals surface area contributed by atoms with Gasteiger partial charge >= 0.3 is 5.97 Å². The van der Waals surface area contributed by atoms with Gasteiger partial charge in [0.2, 0.25) is 0 Å². The largest absolute Gasteiger partial charge is 0.464 e. The topological polar surface area (TPSA) is 50.7 Å². The molecule has 96 valence electrons. The Bertz CT molecular complexity index is 320. The van der Waals surface area contributed by atoms with Crippen molar-refractivity contribution in [1.29, 1.82) is 0 Å². The van der Waals surface area contributed by atoms with Crippen molar-refractivity contribution in [2.45, 2.75) is 45.2 Å². The summed E-state index contributed by atoms with van der Waals surface area (Å²) in [6.45, 7) is 4.07. The van der Waals surface area contributed by atoms with Crippen LogP contribution < -0.4 is 5.32 Å². The van der Waals surface area contributed by atoms with Crippen LogP contribution in [0.3, 0.4) is 0 Å². The molecule has 0 aromatic rings. The lowest BCUT2D eigenvalue weighted by Crippen LogP contribution is -2.40. The molecule has 1 N–H and O–H groups in total. The molecule has 4 nitrogen and oxygen atoms in total. The number of esters is 1. The Morgan fingerprint density at radius 1 is 1.65 bits per heavy atom. The van der Waals surface area contributed by atoms with Gasteiger partial charge in [-0.15, -0.1) is 0 Å². The Hall–Kier alpha value is -0.710. The fourth-order valence-corrected chi connectivity index (χ4v) is 3.58. The van der Waals surface area contributed by atoms with Crippen LogP contribution in [0.2, 0.25) is 0 Å². The van der Waals surface area contributed by atoms with Crippen LogP contribution in [0.5, 0.6) is 0 Å². The fraction of sp³-hybridized carbons (Fsp3) is 0.833. The Morgan fingerprint density at radius 2 is 2.47 bits per heavy atom. The Morgan fingerprint density at radius 3 is 3.24 bits per heavy atom. The van der Waals surface area contributed by atoms with Crippen LogP contribution in [0.4, 0.5) is 0 Å². The van der Waals surface area contributed by atoms with Crippen molar-refractivity contribution >= 4 is 22.9 Å². The average Bonchev–Trinajstić information content (AvgIpc) is 2.76. The summed E-state index contributed by atoms with van der Waals surface area (Å²) in [5.41, 5.74) is 0. The number of nitrogens with one attached hydrogen (secondary N) is 1. The molecule has 1 fully saturated rings. The lowest BCUT2D eigenvalue weighted by molar-refractivity contribution is -0.144. The summed E-state index contributed by atoms with van der Waals surface area (Å²) < 4.78 is 4.97. The normalized spacial score (nSPS) is 29.2. The minimum atomic E-state index is -0.306. The van der Waals surface area contributed by atoms with Crippen molar-refractivity contribution in [2.24, 2.45) is 10.9 Å². The molecule has 3 unspecified atom stereocenters. The van der Waals surface area contributed by atoms with Crippen LogP contribution in [0.15, 0.2) is 4.99 Å². The number of amidine groups is 1. The Labute approximate surface area is 107 Å². The first kappa shape index (κ1) is 12.7. The number of carbonyl (C=O) groups is 1. The van der Waals surface area contributed by atoms with E-state index < -0.39 is 0 Å². The molecule has 0 spiro atoms. The zero-order chi connectivity index (χ0) is 12.3. The number of carbonyl (C=O) groups excluding carboxylic acids is 1. The monoisotopic (exact) mass is 256 g/mol. The fourth-order valence-electron chi connectivity index (χ4n) is 2.35. The maximum atomic E-state index is 11.5. The lowest BCUT2D eigenvalue weighted by Gasteiger charge is -2.25. The summed E-state index contributed by atoms with van der Waals surface area (Å²) in [4.78, 5) is 16.2. The summed E-state index contributed by atoms with van der Waals surface area (Å²) >= 11 is 1.73. The van der Waals surface area contributed by atoms with Crippen molar-refractivity contribution in [2.75, 3.05) is 12.4 Å². The zero-order valence-corrected chi connectivity index (χ0v) is 11.3. The SMILES string of the molecule is CCOC(=O)C(C)NC1=NC2CCCC2CS1. The van der Waals surface area contributed by atoms with Crippen LogP contribution in [0, 0.1) is 5.92 Å². The lowest BCUT2D eigenvalue weighted by atomic mass is 10.1. The third-order valence-corrected chi connectivity index (χ3v) is 4.41. The molecule has 17 heavy (non-hydrogen) atoms. The van der Waals surface area contributed by atoms with Gasteiger partial charge in [0.1, 0.15) is 6.04 Å². The molecule has 2 aliphatic rings. The molecule has 2 rings (SSSR count). The Balaban J connectivity index is 1.88. The molecular formula is C12H20N2O2S. The van der Waals surface area contributed by atoms with Gasteiger partial charge < -0.3 is 10.1 Å². The van der Waals surface area contributed by atoms with Gasteiger partial charge in [-0.1, -0.05) is 18.2 Å². The van der Waals surface area contributed by atoms with Crippen molar-refractivity contribution < 1.29 is 9.53 Å². The molecule has 0 aromatic heterocycles. The van der Waals surface area contributed by atoms with Gasteiger partial charge in [0, 0.05) is 5.75 Å². The summed E-state index contributed by atoms with van der Waals surface area (Å²) in [5, 5.41) is 4.07. The van der Waals surface area contributed by atoms with E-state index in [0.29, 0.717) is 12.6 Å². The van der Waals surface area contributed by atoms with Crippen LogP contribution in [0.1, 0.15) is 33.1 Å². The highest BCUT2D eigenvalue weighted by atomic mass is 32.2. The van der Waals surface area contributed by atoms with E-state index in [4.69, 9.17) is 4.74 Å². The number of rotatable bonds is 3. The molecule has 1 aliphatic heterocycles. The summed E-state index contributed by atoms with van der Waals surface area (Å²) in [7, 11) is 0. The van der Waals surface area contributed by atoms with Crippen LogP contribution in [0.25, 0.3) is 0 Å². The summed E-state index contributed by atoms with van der Waals surface area (Å²) in [6, 6.07) is 0.173. The minimum absolute atomic E-state index is 0.204. The number of nitrogens with zero attached hydrogens (tertiary/aromatic N) is 1. The van der Waals surface area contributed by atoms with E-state index >= 15 is 0 Å². The first-order chi connectivity index (χ1) is 8.20. The first-order valence-corrected chi connectivity index (χ1v) is 7.33. The second-order valence-corrected chi connectivity index (χ2v) is 5.63. The van der Waals surface area contributed by atoms with E-state index in [1.807, 2.05) is 13.8 Å². The maximum Gasteiger partial charge on any atom is 0.328 e. The Kier molecular flexibility index (Phi) is 4.31. The van der Waals surface area contributed by atoms with Gasteiger partial charge in [-0.25, -0.2) is 4.79 Å². The summed E-state index contributed by atoms with van der Waals surface area (Å²) in [5.74, 6) is 1.68. The molecule has 1 heterocycles. The van der Waals surface area contributed by atoms with Gasteiger partial charge in [-0.3, -0.25) is 4.99 Å². The van der Waals surface area contributed by atoms with Gasteiger partial charge in [-0.05, 0) is 32.6 Å². The molecule has 5 heteroatoms. The minimum Gasteiger partial charge on any atom is -0.464 e. The maximum absolute atomic E-state index is 11.5. The van der Waals surface area contributed by atoms with E-state index in [-0.39, 0.29) is 12.0 Å². The first-order valence-electron chi connectivity index (χ1n) is 6.34. The smallest absolute Gasteiger partial charge is 0.328 e. The molecule has 0 saturated heterocycles.